The number of phenolic OH excluding ortho intramolecular Hbond substituents is 1. The van der Waals surface area contributed by atoms with Crippen LogP contribution in [0.3, 0.4) is 0 Å². The van der Waals surface area contributed by atoms with Crippen LogP contribution in [0.15, 0.2) is 66.7 Å². The minimum atomic E-state index is -0.546. The van der Waals surface area contributed by atoms with Crippen LogP contribution in [0.25, 0.3) is 21.2 Å². The normalized spacial score (nSPS) is 16.2. The molecular formula is C28H26FNO3S. The molecule has 2 heterocycles. The molecule has 5 rings (SSSR count). The molecule has 0 radical (unpaired) electrons. The molecule has 0 saturated carbocycles. The van der Waals surface area contributed by atoms with E-state index in [-0.39, 0.29) is 17.1 Å². The first kappa shape index (κ1) is 22.6. The number of hydrogen-bond donors (Lipinski definition) is 1. The Balaban J connectivity index is 1.43. The van der Waals surface area contributed by atoms with Crippen molar-refractivity contribution in [2.45, 2.75) is 13.3 Å². The second-order valence-corrected chi connectivity index (χ2v) is 9.92. The number of ether oxygens (including phenoxy) is 1. The fraction of sp³-hybridized carbons (Fsp3) is 0.250. The van der Waals surface area contributed by atoms with Gasteiger partial charge in [0.05, 0.1) is 10.4 Å². The lowest BCUT2D eigenvalue weighted by Crippen LogP contribution is -2.25. The Labute approximate surface area is 202 Å². The molecule has 0 spiro atoms. The third-order valence-corrected chi connectivity index (χ3v) is 7.48. The van der Waals surface area contributed by atoms with Crippen LogP contribution in [-0.4, -0.2) is 42.0 Å². The van der Waals surface area contributed by atoms with Crippen LogP contribution < -0.4 is 4.74 Å². The SMILES string of the molecule is C[C@@H]1CCN(CCOc2ccc(-c3c(C(=O)c4ccccc4F)sc4cc(O)ccc34)cc2)C1. The molecule has 0 amide bonds. The minimum Gasteiger partial charge on any atom is -0.508 e. The average Bonchev–Trinajstić information content (AvgIpc) is 3.42. The molecule has 34 heavy (non-hydrogen) atoms. The van der Waals surface area contributed by atoms with E-state index in [0.29, 0.717) is 11.5 Å². The molecule has 1 saturated heterocycles. The number of fused-ring (bicyclic) bond motifs is 1. The fourth-order valence-corrected chi connectivity index (χ4v) is 5.75. The van der Waals surface area contributed by atoms with Gasteiger partial charge in [-0.25, -0.2) is 4.39 Å². The van der Waals surface area contributed by atoms with E-state index in [4.69, 9.17) is 4.74 Å². The van der Waals surface area contributed by atoms with Gasteiger partial charge < -0.3 is 9.84 Å². The molecule has 174 valence electrons. The summed E-state index contributed by atoms with van der Waals surface area (Å²) in [5.41, 5.74) is 1.62. The van der Waals surface area contributed by atoms with Crippen LogP contribution in [0.2, 0.25) is 0 Å². The van der Waals surface area contributed by atoms with Gasteiger partial charge in [-0.1, -0.05) is 31.2 Å². The van der Waals surface area contributed by atoms with Gasteiger partial charge in [0.25, 0.3) is 0 Å². The highest BCUT2D eigenvalue weighted by atomic mass is 32.1. The topological polar surface area (TPSA) is 49.8 Å². The first-order valence-corrected chi connectivity index (χ1v) is 12.3. The maximum Gasteiger partial charge on any atom is 0.206 e. The predicted molar refractivity (Wildman–Crippen MR) is 134 cm³/mol. The summed E-state index contributed by atoms with van der Waals surface area (Å²) in [6.07, 6.45) is 1.25. The molecule has 4 aromatic rings. The van der Waals surface area contributed by atoms with Crippen molar-refractivity contribution >= 4 is 27.2 Å². The number of halogens is 1. The molecule has 0 bridgehead atoms. The molecule has 1 N–H and O–H groups in total. The van der Waals surface area contributed by atoms with Crippen LogP contribution in [0.1, 0.15) is 28.6 Å². The number of carbonyl (C=O) groups excluding carboxylic acids is 1. The van der Waals surface area contributed by atoms with Crippen molar-refractivity contribution in [3.05, 3.63) is 83.0 Å². The highest BCUT2D eigenvalue weighted by Crippen LogP contribution is 2.41. The van der Waals surface area contributed by atoms with E-state index in [1.165, 1.54) is 29.9 Å². The summed E-state index contributed by atoms with van der Waals surface area (Å²) in [5, 5.41) is 10.8. The predicted octanol–water partition coefficient (Wildman–Crippen LogP) is 6.36. The van der Waals surface area contributed by atoms with Crippen LogP contribution in [0, 0.1) is 11.7 Å². The van der Waals surface area contributed by atoms with E-state index in [1.807, 2.05) is 24.3 Å². The van der Waals surface area contributed by atoms with Crippen molar-refractivity contribution in [1.29, 1.82) is 0 Å². The molecule has 1 atom stereocenters. The first-order valence-electron chi connectivity index (χ1n) is 11.5. The van der Waals surface area contributed by atoms with E-state index >= 15 is 0 Å². The Kier molecular flexibility index (Phi) is 6.35. The van der Waals surface area contributed by atoms with Gasteiger partial charge in [-0.15, -0.1) is 11.3 Å². The summed E-state index contributed by atoms with van der Waals surface area (Å²) in [5.74, 6) is 0.739. The number of benzene rings is 3. The van der Waals surface area contributed by atoms with Gasteiger partial charge in [-0.3, -0.25) is 9.69 Å². The zero-order valence-electron chi connectivity index (χ0n) is 19.0. The molecule has 1 aliphatic rings. The van der Waals surface area contributed by atoms with Gasteiger partial charge in [0.2, 0.25) is 5.78 Å². The number of rotatable bonds is 7. The molecule has 3 aromatic carbocycles. The highest BCUT2D eigenvalue weighted by Gasteiger charge is 2.23. The monoisotopic (exact) mass is 475 g/mol. The maximum absolute atomic E-state index is 14.4. The van der Waals surface area contributed by atoms with Crippen molar-refractivity contribution in [1.82, 2.24) is 4.90 Å². The molecule has 1 fully saturated rings. The average molecular weight is 476 g/mol. The number of hydrogen-bond acceptors (Lipinski definition) is 5. The third-order valence-electron chi connectivity index (χ3n) is 6.33. The van der Waals surface area contributed by atoms with Gasteiger partial charge in [-0.2, -0.15) is 0 Å². The van der Waals surface area contributed by atoms with Crippen molar-refractivity contribution in [3.63, 3.8) is 0 Å². The van der Waals surface area contributed by atoms with Crippen molar-refractivity contribution < 1.29 is 19.0 Å². The van der Waals surface area contributed by atoms with E-state index in [0.717, 1.165) is 52.5 Å². The van der Waals surface area contributed by atoms with E-state index < -0.39 is 5.82 Å². The molecule has 1 aromatic heterocycles. The van der Waals surface area contributed by atoms with Gasteiger partial charge in [0.1, 0.15) is 23.9 Å². The Bertz CT molecular complexity index is 1330. The smallest absolute Gasteiger partial charge is 0.206 e. The molecule has 1 aliphatic heterocycles. The molecule has 0 unspecified atom stereocenters. The molecular weight excluding hydrogens is 449 g/mol. The second-order valence-electron chi connectivity index (χ2n) is 8.86. The molecule has 0 aliphatic carbocycles. The second kappa shape index (κ2) is 9.57. The largest absolute Gasteiger partial charge is 0.508 e. The van der Waals surface area contributed by atoms with Crippen LogP contribution >= 0.6 is 11.3 Å². The Morgan fingerprint density at radius 3 is 2.68 bits per heavy atom. The Hall–Kier alpha value is -3.22. The van der Waals surface area contributed by atoms with Gasteiger partial charge in [-0.05, 0) is 66.9 Å². The summed E-state index contributed by atoms with van der Waals surface area (Å²) in [7, 11) is 0. The molecule has 4 nitrogen and oxygen atoms in total. The fourth-order valence-electron chi connectivity index (χ4n) is 4.54. The zero-order chi connectivity index (χ0) is 23.7. The number of ketones is 1. The van der Waals surface area contributed by atoms with Gasteiger partial charge in [0, 0.05) is 28.7 Å². The number of carbonyl (C=O) groups is 1. The minimum absolute atomic E-state index is 0.0377. The Morgan fingerprint density at radius 1 is 1.15 bits per heavy atom. The summed E-state index contributed by atoms with van der Waals surface area (Å²) in [4.78, 5) is 16.2. The lowest BCUT2D eigenvalue weighted by atomic mass is 9.98. The summed E-state index contributed by atoms with van der Waals surface area (Å²) in [6, 6.07) is 18.7. The van der Waals surface area contributed by atoms with Crippen LogP contribution in [0.5, 0.6) is 11.5 Å². The van der Waals surface area contributed by atoms with E-state index in [9.17, 15) is 14.3 Å². The number of likely N-dealkylation sites (tertiary alicyclic amines) is 1. The van der Waals surface area contributed by atoms with Crippen molar-refractivity contribution in [2.24, 2.45) is 5.92 Å². The van der Waals surface area contributed by atoms with E-state index in [2.05, 4.69) is 11.8 Å². The maximum atomic E-state index is 14.4. The lowest BCUT2D eigenvalue weighted by Gasteiger charge is -2.15. The zero-order valence-corrected chi connectivity index (χ0v) is 19.8. The highest BCUT2D eigenvalue weighted by molar-refractivity contribution is 7.21. The van der Waals surface area contributed by atoms with Crippen LogP contribution in [-0.2, 0) is 0 Å². The molecule has 6 heteroatoms. The number of phenols is 1. The van der Waals surface area contributed by atoms with E-state index in [1.54, 1.807) is 30.3 Å². The summed E-state index contributed by atoms with van der Waals surface area (Å²) >= 11 is 1.26. The standard InChI is InChI=1S/C28H26FNO3S/c1-18-12-13-30(17-18)14-15-33-21-9-6-19(7-10-21)26-23-11-8-20(31)16-25(23)34-28(26)27(32)22-4-2-3-5-24(22)29/h2-11,16,18,31H,12-15,17H2,1H3/t18-/m1/s1. The third kappa shape index (κ3) is 4.56. The summed E-state index contributed by atoms with van der Waals surface area (Å²) in [6.45, 7) is 6.07. The summed E-state index contributed by atoms with van der Waals surface area (Å²) < 4.78 is 21.1. The lowest BCUT2D eigenvalue weighted by molar-refractivity contribution is 0.103. The number of aromatic hydroxyl groups is 1. The Morgan fingerprint density at radius 2 is 1.94 bits per heavy atom. The van der Waals surface area contributed by atoms with Crippen molar-refractivity contribution in [3.8, 4) is 22.6 Å². The number of nitrogens with zero attached hydrogens (tertiary/aromatic N) is 1. The van der Waals surface area contributed by atoms with Gasteiger partial charge >= 0.3 is 0 Å². The first-order chi connectivity index (χ1) is 16.5. The number of thiophene rings is 1. The van der Waals surface area contributed by atoms with Crippen LogP contribution in [0.4, 0.5) is 4.39 Å². The van der Waals surface area contributed by atoms with Crippen molar-refractivity contribution in [2.75, 3.05) is 26.2 Å². The quantitative estimate of drug-likeness (QED) is 0.316. The van der Waals surface area contributed by atoms with Gasteiger partial charge in [0.15, 0.2) is 0 Å².